The molecule has 1 N–H and O–H groups in total. The fourth-order valence-electron chi connectivity index (χ4n) is 1.06. The Morgan fingerprint density at radius 3 is 2.80 bits per heavy atom. The quantitative estimate of drug-likeness (QED) is 0.798. The van der Waals surface area contributed by atoms with Crippen LogP contribution in [-0.4, -0.2) is 12.5 Å². The molecule has 0 fully saturated rings. The lowest BCUT2D eigenvalue weighted by atomic mass is 10.2. The minimum absolute atomic E-state index is 0.0194. The SMILES string of the molecule is CC(C)CNC(=O)c1cc(I)ccc1Br. The van der Waals surface area contributed by atoms with Crippen LogP contribution in [0.5, 0.6) is 0 Å². The number of carbonyl (C=O) groups is 1. The Morgan fingerprint density at radius 1 is 1.53 bits per heavy atom. The summed E-state index contributed by atoms with van der Waals surface area (Å²) < 4.78 is 1.90. The summed E-state index contributed by atoms with van der Waals surface area (Å²) in [6.45, 7) is 4.85. The molecular formula is C11H13BrINO. The maximum Gasteiger partial charge on any atom is 0.252 e. The van der Waals surface area contributed by atoms with E-state index < -0.39 is 0 Å². The standard InChI is InChI=1S/C11H13BrINO/c1-7(2)6-14-11(15)9-5-8(13)3-4-10(9)12/h3-5,7H,6H2,1-2H3,(H,14,15). The molecule has 2 nitrogen and oxygen atoms in total. The van der Waals surface area contributed by atoms with Crippen molar-refractivity contribution in [3.8, 4) is 0 Å². The topological polar surface area (TPSA) is 29.1 Å². The molecule has 1 amide bonds. The molecule has 0 aliphatic rings. The molecule has 0 bridgehead atoms. The third kappa shape index (κ3) is 4.10. The van der Waals surface area contributed by atoms with Gasteiger partial charge in [-0.1, -0.05) is 13.8 Å². The molecule has 0 unspecified atom stereocenters. The molecule has 0 saturated carbocycles. The molecule has 0 aliphatic carbocycles. The largest absolute Gasteiger partial charge is 0.352 e. The van der Waals surface area contributed by atoms with E-state index in [4.69, 9.17) is 0 Å². The number of benzene rings is 1. The molecule has 1 aromatic rings. The number of hydrogen-bond acceptors (Lipinski definition) is 1. The predicted octanol–water partition coefficient (Wildman–Crippen LogP) is 3.44. The van der Waals surface area contributed by atoms with E-state index in [9.17, 15) is 4.79 Å². The van der Waals surface area contributed by atoms with E-state index in [0.717, 1.165) is 8.04 Å². The first-order valence-corrected chi connectivity index (χ1v) is 6.61. The Balaban J connectivity index is 2.77. The Kier molecular flexibility index (Phi) is 5.05. The van der Waals surface area contributed by atoms with Crippen molar-refractivity contribution in [3.05, 3.63) is 31.8 Å². The van der Waals surface area contributed by atoms with E-state index in [1.807, 2.05) is 18.2 Å². The molecule has 0 atom stereocenters. The van der Waals surface area contributed by atoms with Gasteiger partial charge in [-0.2, -0.15) is 0 Å². The van der Waals surface area contributed by atoms with E-state index in [-0.39, 0.29) is 5.91 Å². The second-order valence-electron chi connectivity index (χ2n) is 3.73. The van der Waals surface area contributed by atoms with Crippen molar-refractivity contribution in [2.24, 2.45) is 5.92 Å². The summed E-state index contributed by atoms with van der Waals surface area (Å²) in [6.07, 6.45) is 0. The zero-order valence-electron chi connectivity index (χ0n) is 8.68. The molecule has 1 rings (SSSR count). The van der Waals surface area contributed by atoms with Crippen LogP contribution in [0.25, 0.3) is 0 Å². The maximum absolute atomic E-state index is 11.8. The van der Waals surface area contributed by atoms with E-state index in [1.54, 1.807) is 0 Å². The van der Waals surface area contributed by atoms with Crippen molar-refractivity contribution in [1.29, 1.82) is 0 Å². The fourth-order valence-corrected chi connectivity index (χ4v) is 1.98. The number of amides is 1. The van der Waals surface area contributed by atoms with Crippen molar-refractivity contribution in [1.82, 2.24) is 5.32 Å². The number of rotatable bonds is 3. The van der Waals surface area contributed by atoms with Gasteiger partial charge in [0, 0.05) is 14.6 Å². The summed E-state index contributed by atoms with van der Waals surface area (Å²) in [5.74, 6) is 0.449. The third-order valence-electron chi connectivity index (χ3n) is 1.84. The summed E-state index contributed by atoms with van der Waals surface area (Å²) in [5, 5.41) is 2.89. The first-order chi connectivity index (χ1) is 7.00. The highest BCUT2D eigenvalue weighted by Crippen LogP contribution is 2.19. The van der Waals surface area contributed by atoms with Crippen molar-refractivity contribution in [3.63, 3.8) is 0 Å². The maximum atomic E-state index is 11.8. The van der Waals surface area contributed by atoms with Gasteiger partial charge in [0.05, 0.1) is 5.56 Å². The van der Waals surface area contributed by atoms with E-state index in [0.29, 0.717) is 18.0 Å². The zero-order valence-corrected chi connectivity index (χ0v) is 12.4. The number of hydrogen-bond donors (Lipinski definition) is 1. The molecule has 1 aromatic carbocycles. The molecule has 15 heavy (non-hydrogen) atoms. The van der Waals surface area contributed by atoms with Gasteiger partial charge < -0.3 is 5.32 Å². The first-order valence-electron chi connectivity index (χ1n) is 4.74. The summed E-state index contributed by atoms with van der Waals surface area (Å²) >= 11 is 5.57. The van der Waals surface area contributed by atoms with Gasteiger partial charge in [-0.3, -0.25) is 4.79 Å². The second-order valence-corrected chi connectivity index (χ2v) is 5.83. The lowest BCUT2D eigenvalue weighted by Crippen LogP contribution is -2.27. The van der Waals surface area contributed by atoms with E-state index in [1.165, 1.54) is 0 Å². The van der Waals surface area contributed by atoms with E-state index >= 15 is 0 Å². The average molecular weight is 382 g/mol. The summed E-state index contributed by atoms with van der Waals surface area (Å²) in [4.78, 5) is 11.8. The van der Waals surface area contributed by atoms with Gasteiger partial charge >= 0.3 is 0 Å². The van der Waals surface area contributed by atoms with Gasteiger partial charge in [-0.15, -0.1) is 0 Å². The average Bonchev–Trinajstić information content (AvgIpc) is 2.18. The highest BCUT2D eigenvalue weighted by atomic mass is 127. The van der Waals surface area contributed by atoms with Crippen LogP contribution in [0.2, 0.25) is 0 Å². The molecule has 0 saturated heterocycles. The van der Waals surface area contributed by atoms with Crippen LogP contribution in [0.1, 0.15) is 24.2 Å². The molecule has 0 spiro atoms. The van der Waals surface area contributed by atoms with Crippen LogP contribution < -0.4 is 5.32 Å². The van der Waals surface area contributed by atoms with Crippen LogP contribution in [0.4, 0.5) is 0 Å². The van der Waals surface area contributed by atoms with Crippen LogP contribution in [0.15, 0.2) is 22.7 Å². The summed E-state index contributed by atoms with van der Waals surface area (Å²) in [6, 6.07) is 5.73. The van der Waals surface area contributed by atoms with Crippen LogP contribution in [0.3, 0.4) is 0 Å². The van der Waals surface area contributed by atoms with Gasteiger partial charge in [0.15, 0.2) is 0 Å². The normalized spacial score (nSPS) is 10.5. The van der Waals surface area contributed by atoms with Crippen molar-refractivity contribution in [2.75, 3.05) is 6.54 Å². The minimum Gasteiger partial charge on any atom is -0.352 e. The summed E-state index contributed by atoms with van der Waals surface area (Å²) in [5.41, 5.74) is 0.697. The molecule has 0 heterocycles. The number of carbonyl (C=O) groups excluding carboxylic acids is 1. The Morgan fingerprint density at radius 2 is 2.20 bits per heavy atom. The lowest BCUT2D eigenvalue weighted by molar-refractivity contribution is 0.0948. The Bertz CT molecular complexity index is 366. The monoisotopic (exact) mass is 381 g/mol. The highest BCUT2D eigenvalue weighted by Gasteiger charge is 2.10. The Hall–Kier alpha value is -0.100. The number of nitrogens with one attached hydrogen (secondary N) is 1. The molecule has 4 heteroatoms. The van der Waals surface area contributed by atoms with Gasteiger partial charge in [-0.05, 0) is 62.6 Å². The van der Waals surface area contributed by atoms with Crippen LogP contribution in [-0.2, 0) is 0 Å². The first kappa shape index (κ1) is 13.0. The predicted molar refractivity (Wildman–Crippen MR) is 74.0 cm³/mol. The Labute approximate surface area is 112 Å². The third-order valence-corrected chi connectivity index (χ3v) is 3.21. The molecule has 0 aromatic heterocycles. The van der Waals surface area contributed by atoms with Crippen LogP contribution >= 0.6 is 38.5 Å². The molecule has 0 aliphatic heterocycles. The van der Waals surface area contributed by atoms with Crippen molar-refractivity contribution >= 4 is 44.4 Å². The van der Waals surface area contributed by atoms with Gasteiger partial charge in [-0.25, -0.2) is 0 Å². The number of halogens is 2. The van der Waals surface area contributed by atoms with Gasteiger partial charge in [0.1, 0.15) is 0 Å². The fraction of sp³-hybridized carbons (Fsp3) is 0.364. The lowest BCUT2D eigenvalue weighted by Gasteiger charge is -2.09. The van der Waals surface area contributed by atoms with Gasteiger partial charge in [0.25, 0.3) is 5.91 Å². The molecular weight excluding hydrogens is 369 g/mol. The zero-order chi connectivity index (χ0) is 11.4. The minimum atomic E-state index is -0.0194. The summed E-state index contributed by atoms with van der Waals surface area (Å²) in [7, 11) is 0. The van der Waals surface area contributed by atoms with Crippen LogP contribution in [0, 0.1) is 9.49 Å². The van der Waals surface area contributed by atoms with Gasteiger partial charge in [0.2, 0.25) is 0 Å². The van der Waals surface area contributed by atoms with Crippen molar-refractivity contribution in [2.45, 2.75) is 13.8 Å². The second kappa shape index (κ2) is 5.84. The molecule has 0 radical (unpaired) electrons. The highest BCUT2D eigenvalue weighted by molar-refractivity contribution is 14.1. The van der Waals surface area contributed by atoms with E-state index in [2.05, 4.69) is 57.7 Å². The smallest absolute Gasteiger partial charge is 0.252 e. The molecule has 82 valence electrons. The van der Waals surface area contributed by atoms with Crippen molar-refractivity contribution < 1.29 is 4.79 Å².